The quantitative estimate of drug-likeness (QED) is 0.735. The van der Waals surface area contributed by atoms with Crippen LogP contribution in [0.25, 0.3) is 0 Å². The zero-order valence-electron chi connectivity index (χ0n) is 8.70. The number of alkyl halides is 1. The molecule has 1 atom stereocenters. The molecule has 0 aliphatic heterocycles. The number of benzene rings is 1. The lowest BCUT2D eigenvalue weighted by atomic mass is 9.96. The minimum atomic E-state index is -0.209. The Labute approximate surface area is 98.8 Å². The molecule has 1 aromatic carbocycles. The minimum Gasteiger partial charge on any atom is -0.469 e. The van der Waals surface area contributed by atoms with Gasteiger partial charge in [-0.15, -0.1) is 11.6 Å². The second kappa shape index (κ2) is 5.17. The molecule has 0 spiro atoms. The van der Waals surface area contributed by atoms with Gasteiger partial charge in [0.15, 0.2) is 0 Å². The Morgan fingerprint density at radius 3 is 2.62 bits per heavy atom. The lowest BCUT2D eigenvalue weighted by Crippen LogP contribution is -2.06. The van der Waals surface area contributed by atoms with Gasteiger partial charge in [0.25, 0.3) is 0 Å². The summed E-state index contributed by atoms with van der Waals surface area (Å²) in [4.78, 5) is 0. The Balaban J connectivity index is 2.20. The molecule has 3 heteroatoms. The van der Waals surface area contributed by atoms with Crippen molar-refractivity contribution in [2.45, 2.75) is 12.3 Å². The van der Waals surface area contributed by atoms with Gasteiger partial charge in [0.2, 0.25) is 0 Å². The molecule has 0 fully saturated rings. The SMILES string of the molecule is Fc1ccccc1C(CCl)Cc1ccco1. The van der Waals surface area contributed by atoms with Crippen LogP contribution in [0.15, 0.2) is 47.1 Å². The average molecular weight is 239 g/mol. The Bertz CT molecular complexity index is 439. The molecule has 2 rings (SSSR count). The highest BCUT2D eigenvalue weighted by molar-refractivity contribution is 6.18. The van der Waals surface area contributed by atoms with Crippen molar-refractivity contribution in [3.8, 4) is 0 Å². The van der Waals surface area contributed by atoms with Crippen molar-refractivity contribution in [1.82, 2.24) is 0 Å². The molecule has 1 heterocycles. The number of hydrogen-bond acceptors (Lipinski definition) is 1. The normalized spacial score (nSPS) is 12.6. The van der Waals surface area contributed by atoms with Gasteiger partial charge in [0.05, 0.1) is 6.26 Å². The zero-order valence-corrected chi connectivity index (χ0v) is 9.45. The largest absolute Gasteiger partial charge is 0.469 e. The fourth-order valence-electron chi connectivity index (χ4n) is 1.73. The van der Waals surface area contributed by atoms with Crippen molar-refractivity contribution < 1.29 is 8.81 Å². The lowest BCUT2D eigenvalue weighted by molar-refractivity contribution is 0.487. The van der Waals surface area contributed by atoms with Crippen LogP contribution in [0.4, 0.5) is 4.39 Å². The fraction of sp³-hybridized carbons (Fsp3) is 0.231. The summed E-state index contributed by atoms with van der Waals surface area (Å²) in [5, 5.41) is 0. The van der Waals surface area contributed by atoms with Gasteiger partial charge >= 0.3 is 0 Å². The van der Waals surface area contributed by atoms with Gasteiger partial charge in [-0.2, -0.15) is 0 Å². The molecule has 0 saturated carbocycles. The van der Waals surface area contributed by atoms with Gasteiger partial charge in [-0.05, 0) is 23.8 Å². The Hall–Kier alpha value is -1.28. The first kappa shape index (κ1) is 11.2. The standard InChI is InChI=1S/C13H12ClFO/c14-9-10(8-11-4-3-7-16-11)12-5-1-2-6-13(12)15/h1-7,10H,8-9H2. The van der Waals surface area contributed by atoms with Gasteiger partial charge in [-0.1, -0.05) is 18.2 Å². The second-order valence-corrected chi connectivity index (χ2v) is 3.96. The molecule has 2 aromatic rings. The summed E-state index contributed by atoms with van der Waals surface area (Å²) in [6, 6.07) is 10.4. The van der Waals surface area contributed by atoms with E-state index in [1.807, 2.05) is 18.2 Å². The van der Waals surface area contributed by atoms with Crippen LogP contribution in [-0.4, -0.2) is 5.88 Å². The smallest absolute Gasteiger partial charge is 0.126 e. The molecule has 0 radical (unpaired) electrons. The molecule has 1 nitrogen and oxygen atoms in total. The van der Waals surface area contributed by atoms with Gasteiger partial charge < -0.3 is 4.42 Å². The summed E-state index contributed by atoms with van der Waals surface area (Å²) in [5.41, 5.74) is 0.647. The summed E-state index contributed by atoms with van der Waals surface area (Å²) >= 11 is 5.88. The van der Waals surface area contributed by atoms with E-state index in [1.165, 1.54) is 6.07 Å². The minimum absolute atomic E-state index is 0.0472. The Morgan fingerprint density at radius 1 is 1.19 bits per heavy atom. The molecule has 0 N–H and O–H groups in total. The summed E-state index contributed by atoms with van der Waals surface area (Å²) in [6.45, 7) is 0. The first-order chi connectivity index (χ1) is 7.81. The third-order valence-corrected chi connectivity index (χ3v) is 2.93. The molecule has 84 valence electrons. The third kappa shape index (κ3) is 2.45. The molecule has 1 unspecified atom stereocenters. The van der Waals surface area contributed by atoms with E-state index in [9.17, 15) is 4.39 Å². The van der Waals surface area contributed by atoms with Crippen molar-refractivity contribution in [1.29, 1.82) is 0 Å². The van der Waals surface area contributed by atoms with Crippen molar-refractivity contribution in [2.24, 2.45) is 0 Å². The van der Waals surface area contributed by atoms with E-state index in [2.05, 4.69) is 0 Å². The monoisotopic (exact) mass is 238 g/mol. The van der Waals surface area contributed by atoms with Crippen LogP contribution in [0.2, 0.25) is 0 Å². The highest BCUT2D eigenvalue weighted by Crippen LogP contribution is 2.24. The predicted octanol–water partition coefficient (Wildman–Crippen LogP) is 3.98. The predicted molar refractivity (Wildman–Crippen MR) is 62.3 cm³/mol. The van der Waals surface area contributed by atoms with E-state index in [0.717, 1.165) is 5.76 Å². The van der Waals surface area contributed by atoms with Crippen LogP contribution in [0.5, 0.6) is 0 Å². The van der Waals surface area contributed by atoms with Crippen LogP contribution < -0.4 is 0 Å². The van der Waals surface area contributed by atoms with Crippen LogP contribution in [-0.2, 0) is 6.42 Å². The summed E-state index contributed by atoms with van der Waals surface area (Å²) < 4.78 is 18.8. The fourth-order valence-corrected chi connectivity index (χ4v) is 2.00. The highest BCUT2D eigenvalue weighted by atomic mass is 35.5. The lowest BCUT2D eigenvalue weighted by Gasteiger charge is -2.13. The van der Waals surface area contributed by atoms with E-state index in [-0.39, 0.29) is 11.7 Å². The first-order valence-electron chi connectivity index (χ1n) is 5.14. The summed E-state index contributed by atoms with van der Waals surface area (Å²) in [7, 11) is 0. The highest BCUT2D eigenvalue weighted by Gasteiger charge is 2.16. The Morgan fingerprint density at radius 2 is 2.00 bits per heavy atom. The average Bonchev–Trinajstić information content (AvgIpc) is 2.80. The van der Waals surface area contributed by atoms with Crippen LogP contribution in [0.3, 0.4) is 0 Å². The number of halogens is 2. The second-order valence-electron chi connectivity index (χ2n) is 3.66. The molecular formula is C13H12ClFO. The van der Waals surface area contributed by atoms with Gasteiger partial charge in [-0.25, -0.2) is 4.39 Å². The van der Waals surface area contributed by atoms with E-state index >= 15 is 0 Å². The summed E-state index contributed by atoms with van der Waals surface area (Å²) in [6.07, 6.45) is 2.24. The van der Waals surface area contributed by atoms with Crippen molar-refractivity contribution >= 4 is 11.6 Å². The van der Waals surface area contributed by atoms with E-state index < -0.39 is 0 Å². The number of furan rings is 1. The molecule has 1 aromatic heterocycles. The van der Waals surface area contributed by atoms with Gasteiger partial charge in [0.1, 0.15) is 11.6 Å². The maximum Gasteiger partial charge on any atom is 0.126 e. The molecule has 0 aliphatic carbocycles. The molecule has 0 amide bonds. The number of hydrogen-bond donors (Lipinski definition) is 0. The zero-order chi connectivity index (χ0) is 11.4. The number of rotatable bonds is 4. The third-order valence-electron chi connectivity index (χ3n) is 2.56. The van der Waals surface area contributed by atoms with Crippen molar-refractivity contribution in [3.05, 3.63) is 59.8 Å². The maximum absolute atomic E-state index is 13.6. The first-order valence-corrected chi connectivity index (χ1v) is 5.67. The molecule has 0 saturated heterocycles. The van der Waals surface area contributed by atoms with Crippen molar-refractivity contribution in [2.75, 3.05) is 5.88 Å². The van der Waals surface area contributed by atoms with E-state index in [0.29, 0.717) is 17.9 Å². The van der Waals surface area contributed by atoms with Crippen LogP contribution >= 0.6 is 11.6 Å². The topological polar surface area (TPSA) is 13.1 Å². The van der Waals surface area contributed by atoms with E-state index in [1.54, 1.807) is 18.4 Å². The van der Waals surface area contributed by atoms with Gasteiger partial charge in [0, 0.05) is 18.2 Å². The van der Waals surface area contributed by atoms with Crippen LogP contribution in [0.1, 0.15) is 17.2 Å². The summed E-state index contributed by atoms with van der Waals surface area (Å²) in [5.74, 6) is 0.948. The molecule has 16 heavy (non-hydrogen) atoms. The van der Waals surface area contributed by atoms with Crippen LogP contribution in [0, 0.1) is 5.82 Å². The van der Waals surface area contributed by atoms with E-state index in [4.69, 9.17) is 16.0 Å². The maximum atomic E-state index is 13.6. The van der Waals surface area contributed by atoms with Gasteiger partial charge in [-0.3, -0.25) is 0 Å². The Kier molecular flexibility index (Phi) is 3.62. The van der Waals surface area contributed by atoms with Crippen molar-refractivity contribution in [3.63, 3.8) is 0 Å². The molecular weight excluding hydrogens is 227 g/mol. The molecule has 0 bridgehead atoms. The molecule has 0 aliphatic rings.